The first-order valence-corrected chi connectivity index (χ1v) is 23.3. The molecule has 0 radical (unpaired) electrons. The normalized spacial score (nSPS) is 11.0. The van der Waals surface area contributed by atoms with Crippen LogP contribution in [0.15, 0.2) is 255 Å². The number of nitrogens with zero attached hydrogens (tertiary/aromatic N) is 5. The summed E-state index contributed by atoms with van der Waals surface area (Å²) < 4.78 is 3.77. The molecular formula is C65H42IrN5. The van der Waals surface area contributed by atoms with Gasteiger partial charge in [-0.2, -0.15) is 58.7 Å². The Kier molecular flexibility index (Phi) is 12.6. The fraction of sp³-hybridized carbons (Fsp3) is 0. The van der Waals surface area contributed by atoms with Crippen molar-refractivity contribution in [2.75, 3.05) is 0 Å². The van der Waals surface area contributed by atoms with Crippen LogP contribution in [0.3, 0.4) is 0 Å². The van der Waals surface area contributed by atoms with Crippen molar-refractivity contribution in [3.8, 4) is 112 Å². The molecule has 6 heteroatoms. The first-order chi connectivity index (χ1) is 34.7. The average Bonchev–Trinajstić information content (AvgIpc) is 4.16. The van der Waals surface area contributed by atoms with Gasteiger partial charge in [0.1, 0.15) is 0 Å². The van der Waals surface area contributed by atoms with E-state index in [1.807, 2.05) is 94.7 Å². The maximum Gasteiger partial charge on any atom is 3.00 e. The van der Waals surface area contributed by atoms with Crippen LogP contribution >= 0.6 is 0 Å². The second-order valence-electron chi connectivity index (χ2n) is 17.1. The topological polar surface area (TPSA) is 48.5 Å². The molecule has 9 aromatic carbocycles. The zero-order chi connectivity index (χ0) is 46.6. The summed E-state index contributed by atoms with van der Waals surface area (Å²) in [4.78, 5) is 5.13. The van der Waals surface area contributed by atoms with Crippen LogP contribution in [-0.4, -0.2) is 24.5 Å². The third-order valence-electron chi connectivity index (χ3n) is 12.8. The van der Waals surface area contributed by atoms with Gasteiger partial charge in [-0.15, -0.1) is 48.0 Å². The molecule has 0 bridgehead atoms. The molecule has 5 nitrogen and oxygen atoms in total. The van der Waals surface area contributed by atoms with Gasteiger partial charge in [0.15, 0.2) is 0 Å². The minimum absolute atomic E-state index is 0. The third-order valence-corrected chi connectivity index (χ3v) is 12.8. The number of hydrogen-bond acceptors (Lipinski definition) is 3. The molecule has 3 heterocycles. The van der Waals surface area contributed by atoms with Gasteiger partial charge in [-0.3, -0.25) is 9.36 Å². The van der Waals surface area contributed by atoms with Gasteiger partial charge in [-0.1, -0.05) is 133 Å². The molecule has 0 N–H and O–H groups in total. The van der Waals surface area contributed by atoms with Gasteiger partial charge in [0.05, 0.1) is 12.4 Å². The zero-order valence-corrected chi connectivity index (χ0v) is 40.7. The van der Waals surface area contributed by atoms with Crippen molar-refractivity contribution in [2.45, 2.75) is 0 Å². The molecule has 0 aliphatic heterocycles. The summed E-state index contributed by atoms with van der Waals surface area (Å²) in [6.45, 7) is 0. The number of para-hydroxylation sites is 2. The molecule has 0 aliphatic rings. The van der Waals surface area contributed by atoms with Crippen molar-refractivity contribution < 1.29 is 20.1 Å². The van der Waals surface area contributed by atoms with E-state index in [1.54, 1.807) is 0 Å². The Morgan fingerprint density at radius 2 is 0.718 bits per heavy atom. The minimum Gasteiger partial charge on any atom is -0.304 e. The van der Waals surface area contributed by atoms with Crippen molar-refractivity contribution in [3.63, 3.8) is 0 Å². The van der Waals surface area contributed by atoms with Crippen LogP contribution in [0.4, 0.5) is 0 Å². The molecule has 0 atom stereocenters. The molecule has 0 unspecified atom stereocenters. The van der Waals surface area contributed by atoms with Gasteiger partial charge in [0, 0.05) is 35.3 Å². The van der Waals surface area contributed by atoms with Crippen LogP contribution in [-0.2, 0) is 20.1 Å². The van der Waals surface area contributed by atoms with Crippen LogP contribution in [0.25, 0.3) is 112 Å². The predicted octanol–water partition coefficient (Wildman–Crippen LogP) is 15.9. The molecule has 0 saturated heterocycles. The van der Waals surface area contributed by atoms with E-state index < -0.39 is 0 Å². The van der Waals surface area contributed by atoms with E-state index in [2.05, 4.69) is 188 Å². The molecule has 0 saturated carbocycles. The molecule has 0 spiro atoms. The third kappa shape index (κ3) is 9.14. The summed E-state index contributed by atoms with van der Waals surface area (Å²) in [6, 6.07) is 88.4. The Hall–Kier alpha value is -8.80. The van der Waals surface area contributed by atoms with Crippen molar-refractivity contribution in [1.82, 2.24) is 24.5 Å². The second-order valence-corrected chi connectivity index (χ2v) is 17.1. The number of hydrogen-bond donors (Lipinski definition) is 0. The number of aromatic nitrogens is 5. The number of rotatable bonds is 11. The molecule has 3 aromatic heterocycles. The Bertz CT molecular complexity index is 3610. The molecule has 71 heavy (non-hydrogen) atoms. The fourth-order valence-electron chi connectivity index (χ4n) is 9.36. The van der Waals surface area contributed by atoms with Crippen LogP contribution in [0.2, 0.25) is 0 Å². The first-order valence-electron chi connectivity index (χ1n) is 23.3. The monoisotopic (exact) mass is 1090 g/mol. The smallest absolute Gasteiger partial charge is 0.304 e. The van der Waals surface area contributed by atoms with E-state index in [1.165, 1.54) is 11.1 Å². The fourth-order valence-corrected chi connectivity index (χ4v) is 9.36. The van der Waals surface area contributed by atoms with E-state index in [0.29, 0.717) is 0 Å². The molecule has 336 valence electrons. The Balaban J connectivity index is 0.00000547. The van der Waals surface area contributed by atoms with E-state index in [0.717, 1.165) is 101 Å². The van der Waals surface area contributed by atoms with Crippen LogP contribution in [0.5, 0.6) is 0 Å². The summed E-state index contributed by atoms with van der Waals surface area (Å²) in [5.41, 5.74) is 20.9. The van der Waals surface area contributed by atoms with E-state index in [-0.39, 0.29) is 20.1 Å². The summed E-state index contributed by atoms with van der Waals surface area (Å²) in [5, 5.41) is 9.58. The van der Waals surface area contributed by atoms with Crippen LogP contribution < -0.4 is 0 Å². The Labute approximate surface area is 427 Å². The summed E-state index contributed by atoms with van der Waals surface area (Å²) in [5.74, 6) is 0. The Morgan fingerprint density at radius 1 is 0.296 bits per heavy atom. The van der Waals surface area contributed by atoms with Crippen molar-refractivity contribution in [3.05, 3.63) is 274 Å². The van der Waals surface area contributed by atoms with Gasteiger partial charge < -0.3 is 4.98 Å². The molecule has 12 aromatic rings. The quantitative estimate of drug-likeness (QED) is 0.121. The number of pyridine rings is 1. The van der Waals surface area contributed by atoms with Gasteiger partial charge in [0.2, 0.25) is 0 Å². The molecule has 12 rings (SSSR count). The minimum atomic E-state index is 0. The van der Waals surface area contributed by atoms with E-state index in [9.17, 15) is 0 Å². The first kappa shape index (κ1) is 44.7. The second kappa shape index (κ2) is 20.0. The van der Waals surface area contributed by atoms with Crippen molar-refractivity contribution in [1.29, 1.82) is 0 Å². The maximum atomic E-state index is 5.13. The van der Waals surface area contributed by atoms with Gasteiger partial charge in [-0.25, -0.2) is 0 Å². The Morgan fingerprint density at radius 3 is 1.21 bits per heavy atom. The van der Waals surface area contributed by atoms with Crippen molar-refractivity contribution in [2.24, 2.45) is 0 Å². The van der Waals surface area contributed by atoms with E-state index in [4.69, 9.17) is 15.2 Å². The maximum absolute atomic E-state index is 5.13. The van der Waals surface area contributed by atoms with Gasteiger partial charge in [0.25, 0.3) is 0 Å². The van der Waals surface area contributed by atoms with Gasteiger partial charge >= 0.3 is 20.1 Å². The molecular weight excluding hydrogens is 1040 g/mol. The molecule has 0 amide bonds. The summed E-state index contributed by atoms with van der Waals surface area (Å²) >= 11 is 0. The van der Waals surface area contributed by atoms with E-state index >= 15 is 0 Å². The molecule has 0 fully saturated rings. The van der Waals surface area contributed by atoms with Crippen molar-refractivity contribution >= 4 is 0 Å². The summed E-state index contributed by atoms with van der Waals surface area (Å²) in [7, 11) is 0. The summed E-state index contributed by atoms with van der Waals surface area (Å²) in [6.07, 6.45) is 10.1. The standard InChI is InChI=1S/C65H42N5.Ir/c1-5-19-46(20-6-1)47-33-35-48(36-34-47)63-40-65(49-21-7-2-8-22-49)66-43-64(63)62-32-18-17-29-59(62)52-38-50(57-27-13-15-30-60(57)53-41-67-69(44-53)55-23-9-3-10-24-55)37-51(39-52)58-28-14-16-31-61(58)54-42-68-70(45-54)56-25-11-4-12-26-56;/h1-21,23,25,27-45H;/q-3;+3. The van der Waals surface area contributed by atoms with Gasteiger partial charge in [-0.05, 0) is 108 Å². The molecule has 0 aliphatic carbocycles. The average molecular weight is 1090 g/mol. The zero-order valence-electron chi connectivity index (χ0n) is 38.3. The SMILES string of the molecule is [Ir+3].[c-]1ccccc1-c1cc(-c2ccc(-c3ccccc3)cc2)c(-c2ccccc2-c2cc(-c3ccccc3-c3cnn(-c4[c-]cccc4)c3)cc(-c3ccccc3-c3cnn(-c4[c-]cccc4)c3)c2)cn1. The van der Waals surface area contributed by atoms with Crippen LogP contribution in [0.1, 0.15) is 0 Å². The predicted molar refractivity (Wildman–Crippen MR) is 284 cm³/mol. The largest absolute Gasteiger partial charge is 3.00 e. The number of benzene rings is 9. The van der Waals surface area contributed by atoms with Crippen LogP contribution in [0, 0.1) is 18.2 Å².